The first-order valence-corrected chi connectivity index (χ1v) is 8.26. The maximum Gasteiger partial charge on any atom is 0.173 e. The van der Waals surface area contributed by atoms with Gasteiger partial charge in [0.15, 0.2) is 5.78 Å². The number of fused-ring (bicyclic) bond motifs is 1. The summed E-state index contributed by atoms with van der Waals surface area (Å²) < 4.78 is 1.04. The fourth-order valence-corrected chi connectivity index (χ4v) is 3.07. The van der Waals surface area contributed by atoms with Crippen LogP contribution in [0.1, 0.15) is 10.4 Å². The number of ketones is 1. The van der Waals surface area contributed by atoms with Gasteiger partial charge < -0.3 is 0 Å². The molecule has 0 spiro atoms. The van der Waals surface area contributed by atoms with Gasteiger partial charge in [0.05, 0.1) is 11.3 Å². The Hall–Kier alpha value is -1.65. The van der Waals surface area contributed by atoms with Crippen LogP contribution >= 0.6 is 27.7 Å². The van der Waals surface area contributed by atoms with Crippen LogP contribution in [0.25, 0.3) is 10.9 Å². The second kappa shape index (κ2) is 6.41. The minimum atomic E-state index is 0.133. The Morgan fingerprint density at radius 2 is 1.90 bits per heavy atom. The zero-order valence-corrected chi connectivity index (χ0v) is 13.5. The molecule has 0 aliphatic carbocycles. The molecule has 0 fully saturated rings. The van der Waals surface area contributed by atoms with Crippen molar-refractivity contribution < 1.29 is 4.79 Å². The van der Waals surface area contributed by atoms with E-state index in [2.05, 4.69) is 20.9 Å². The number of Topliss-reactive ketones (excluding diaryl/α,β-unsaturated/α-hetero) is 1. The van der Waals surface area contributed by atoms with Gasteiger partial charge in [-0.05, 0) is 48.5 Å². The quantitative estimate of drug-likeness (QED) is 0.487. The van der Waals surface area contributed by atoms with Gasteiger partial charge in [0.2, 0.25) is 0 Å². The van der Waals surface area contributed by atoms with E-state index in [0.717, 1.165) is 25.8 Å². The number of hydrogen-bond donors (Lipinski definition) is 0. The van der Waals surface area contributed by atoms with Crippen LogP contribution in [0.3, 0.4) is 0 Å². The Kier molecular flexibility index (Phi) is 4.36. The maximum absolute atomic E-state index is 12.3. The summed E-state index contributed by atoms with van der Waals surface area (Å²) in [5.74, 6) is 0.571. The van der Waals surface area contributed by atoms with Gasteiger partial charge in [0, 0.05) is 26.5 Å². The summed E-state index contributed by atoms with van der Waals surface area (Å²) in [6, 6.07) is 17.5. The van der Waals surface area contributed by atoms with Crippen LogP contribution < -0.4 is 0 Å². The van der Waals surface area contributed by atoms with Crippen molar-refractivity contribution in [2.24, 2.45) is 0 Å². The summed E-state index contributed by atoms with van der Waals surface area (Å²) in [7, 11) is 0. The highest BCUT2D eigenvalue weighted by Gasteiger charge is 2.07. The molecule has 0 bridgehead atoms. The second-order valence-corrected chi connectivity index (χ2v) is 6.54. The van der Waals surface area contributed by atoms with Crippen LogP contribution in [0.4, 0.5) is 0 Å². The smallest absolute Gasteiger partial charge is 0.173 e. The minimum absolute atomic E-state index is 0.133. The summed E-state index contributed by atoms with van der Waals surface area (Å²) in [5, 5.41) is 0.997. The summed E-state index contributed by atoms with van der Waals surface area (Å²) >= 11 is 4.95. The molecule has 0 atom stereocenters. The average Bonchev–Trinajstić information content (AvgIpc) is 2.53. The molecule has 2 aromatic carbocycles. The third-order valence-electron chi connectivity index (χ3n) is 3.11. The topological polar surface area (TPSA) is 30.0 Å². The van der Waals surface area contributed by atoms with E-state index in [1.807, 2.05) is 54.6 Å². The number of nitrogens with zero attached hydrogens (tertiary/aromatic N) is 1. The van der Waals surface area contributed by atoms with Crippen molar-refractivity contribution in [1.82, 2.24) is 4.98 Å². The lowest BCUT2D eigenvalue weighted by Gasteiger charge is -2.03. The van der Waals surface area contributed by atoms with E-state index in [-0.39, 0.29) is 5.78 Å². The molecule has 0 aliphatic rings. The molecule has 0 N–H and O–H groups in total. The lowest BCUT2D eigenvalue weighted by molar-refractivity contribution is 0.102. The predicted molar refractivity (Wildman–Crippen MR) is 90.9 cm³/mol. The van der Waals surface area contributed by atoms with Gasteiger partial charge >= 0.3 is 0 Å². The second-order valence-electron chi connectivity index (χ2n) is 4.58. The molecule has 0 unspecified atom stereocenters. The minimum Gasteiger partial charge on any atom is -0.293 e. The molecular weight excluding hydrogens is 346 g/mol. The number of thioether (sulfide) groups is 1. The molecule has 0 saturated carbocycles. The van der Waals surface area contributed by atoms with Gasteiger partial charge in [-0.15, -0.1) is 11.8 Å². The summed E-state index contributed by atoms with van der Waals surface area (Å²) in [4.78, 5) is 17.6. The molecule has 0 aliphatic heterocycles. The van der Waals surface area contributed by atoms with Gasteiger partial charge in [-0.25, -0.2) is 0 Å². The van der Waals surface area contributed by atoms with Gasteiger partial charge in [0.25, 0.3) is 0 Å². The van der Waals surface area contributed by atoms with Crippen molar-refractivity contribution >= 4 is 44.4 Å². The van der Waals surface area contributed by atoms with Crippen LogP contribution in [0.2, 0.25) is 0 Å². The van der Waals surface area contributed by atoms with E-state index in [9.17, 15) is 4.79 Å². The van der Waals surface area contributed by atoms with E-state index >= 15 is 0 Å². The van der Waals surface area contributed by atoms with Gasteiger partial charge in [-0.1, -0.05) is 22.0 Å². The molecule has 3 aromatic rings. The number of hydrogen-bond acceptors (Lipinski definition) is 3. The summed E-state index contributed by atoms with van der Waals surface area (Å²) in [5.41, 5.74) is 1.65. The van der Waals surface area contributed by atoms with Crippen LogP contribution in [-0.4, -0.2) is 16.5 Å². The van der Waals surface area contributed by atoms with Crippen LogP contribution in [0.5, 0.6) is 0 Å². The molecule has 0 amide bonds. The van der Waals surface area contributed by atoms with Gasteiger partial charge in [-0.2, -0.15) is 0 Å². The lowest BCUT2D eigenvalue weighted by atomic mass is 10.1. The molecule has 21 heavy (non-hydrogen) atoms. The molecule has 4 heteroatoms. The standard InChI is InChI=1S/C17H12BrNOS/c18-14-4-6-15(7-5-14)21-11-17(20)13-3-8-16-12(10-13)2-1-9-19-16/h1-10H,11H2. The third kappa shape index (κ3) is 3.52. The number of carbonyl (C=O) groups excluding carboxylic acids is 1. The van der Waals surface area contributed by atoms with Crippen molar-refractivity contribution in [3.8, 4) is 0 Å². The van der Waals surface area contributed by atoms with E-state index < -0.39 is 0 Å². The molecule has 2 nitrogen and oxygen atoms in total. The number of carbonyl (C=O) groups is 1. The zero-order chi connectivity index (χ0) is 14.7. The third-order valence-corrected chi connectivity index (χ3v) is 4.65. The van der Waals surface area contributed by atoms with Crippen molar-refractivity contribution in [3.63, 3.8) is 0 Å². The Morgan fingerprint density at radius 1 is 1.10 bits per heavy atom. The molecule has 0 saturated heterocycles. The summed E-state index contributed by atoms with van der Waals surface area (Å²) in [6.45, 7) is 0. The monoisotopic (exact) mass is 357 g/mol. The highest BCUT2D eigenvalue weighted by atomic mass is 79.9. The predicted octanol–water partition coefficient (Wildman–Crippen LogP) is 4.97. The number of rotatable bonds is 4. The van der Waals surface area contributed by atoms with E-state index in [1.165, 1.54) is 0 Å². The van der Waals surface area contributed by atoms with Crippen molar-refractivity contribution in [2.45, 2.75) is 4.90 Å². The zero-order valence-electron chi connectivity index (χ0n) is 11.1. The van der Waals surface area contributed by atoms with Gasteiger partial charge in [-0.3, -0.25) is 9.78 Å². The maximum atomic E-state index is 12.3. The Labute approximate surface area is 135 Å². The number of aromatic nitrogens is 1. The van der Waals surface area contributed by atoms with Crippen molar-refractivity contribution in [1.29, 1.82) is 0 Å². The van der Waals surface area contributed by atoms with Crippen LogP contribution in [0, 0.1) is 0 Å². The highest BCUT2D eigenvalue weighted by Crippen LogP contribution is 2.22. The van der Waals surface area contributed by atoms with E-state index in [4.69, 9.17) is 0 Å². The van der Waals surface area contributed by atoms with Crippen LogP contribution in [-0.2, 0) is 0 Å². The molecular formula is C17H12BrNOS. The summed E-state index contributed by atoms with van der Waals surface area (Å²) in [6.07, 6.45) is 1.76. The molecule has 1 aromatic heterocycles. The first kappa shape index (κ1) is 14.3. The number of halogens is 1. The lowest BCUT2D eigenvalue weighted by Crippen LogP contribution is -2.02. The molecule has 1 heterocycles. The normalized spacial score (nSPS) is 10.7. The SMILES string of the molecule is O=C(CSc1ccc(Br)cc1)c1ccc2ncccc2c1. The number of pyridine rings is 1. The fraction of sp³-hybridized carbons (Fsp3) is 0.0588. The van der Waals surface area contributed by atoms with Crippen molar-refractivity contribution in [3.05, 3.63) is 70.8 Å². The Bertz CT molecular complexity index is 786. The Morgan fingerprint density at radius 3 is 2.71 bits per heavy atom. The van der Waals surface area contributed by atoms with E-state index in [1.54, 1.807) is 18.0 Å². The molecule has 3 rings (SSSR count). The number of benzene rings is 2. The van der Waals surface area contributed by atoms with Gasteiger partial charge in [0.1, 0.15) is 0 Å². The first-order chi connectivity index (χ1) is 10.2. The van der Waals surface area contributed by atoms with Crippen molar-refractivity contribution in [2.75, 3.05) is 5.75 Å². The molecule has 0 radical (unpaired) electrons. The Balaban J connectivity index is 1.73. The van der Waals surface area contributed by atoms with E-state index in [0.29, 0.717) is 5.75 Å². The largest absolute Gasteiger partial charge is 0.293 e. The fourth-order valence-electron chi connectivity index (χ4n) is 2.01. The average molecular weight is 358 g/mol. The first-order valence-electron chi connectivity index (χ1n) is 6.49. The molecule has 104 valence electrons. The highest BCUT2D eigenvalue weighted by molar-refractivity contribution is 9.10. The van der Waals surface area contributed by atoms with Crippen LogP contribution in [0.15, 0.2) is 70.2 Å².